The minimum absolute atomic E-state index is 0.0234. The average Bonchev–Trinajstić information content (AvgIpc) is 2.00. The first-order chi connectivity index (χ1) is 6.78. The molecule has 0 aliphatic rings. The molecule has 1 aromatic carbocycles. The quantitative estimate of drug-likeness (QED) is 0.587. The van der Waals surface area contributed by atoms with Gasteiger partial charge in [-0.15, -0.1) is 15.5 Å². The van der Waals surface area contributed by atoms with Gasteiger partial charge in [-0.3, -0.25) is 0 Å². The third kappa shape index (κ3) is 1.58. The summed E-state index contributed by atoms with van der Waals surface area (Å²) >= 11 is 0. The summed E-state index contributed by atoms with van der Waals surface area (Å²) < 4.78 is 86.9. The number of halogens is 7. The number of nitrogens with two attached hydrogens (primary N) is 1. The summed E-state index contributed by atoms with van der Waals surface area (Å²) in [5, 5.41) is 0. The number of alkyl halides is 3. The first-order valence-corrected chi connectivity index (χ1v) is 5.75. The topological polar surface area (TPSA) is 26.0 Å². The van der Waals surface area contributed by atoms with E-state index in [0.717, 1.165) is 0 Å². The molecule has 0 heterocycles. The van der Waals surface area contributed by atoms with Crippen molar-refractivity contribution < 1.29 is 28.7 Å². The van der Waals surface area contributed by atoms with Crippen molar-refractivity contribution >= 4 is 15.5 Å². The molecule has 0 aliphatic heterocycles. The molecule has 0 bridgehead atoms. The van der Waals surface area contributed by atoms with Crippen LogP contribution >= 0.6 is 9.84 Å². The second-order valence-corrected chi connectivity index (χ2v) is 6.16. The summed E-state index contributed by atoms with van der Waals surface area (Å²) in [5.41, 5.74) is -2.11. The van der Waals surface area contributed by atoms with Crippen LogP contribution in [0.3, 0.4) is 0 Å². The zero-order chi connectivity index (χ0) is 12.9. The highest BCUT2D eigenvalue weighted by atomic mass is 32.5. The highest BCUT2D eigenvalue weighted by molar-refractivity contribution is 8.50. The van der Waals surface area contributed by atoms with Gasteiger partial charge < -0.3 is 5.73 Å². The van der Waals surface area contributed by atoms with Gasteiger partial charge >= 0.3 is 5.51 Å². The van der Waals surface area contributed by atoms with Gasteiger partial charge in [-0.2, -0.15) is 13.2 Å². The number of anilines is 1. The molecule has 1 rings (SSSR count). The zero-order valence-electron chi connectivity index (χ0n) is 7.44. The minimum Gasteiger partial charge on any atom is -0.399 e. The molecular weight excluding hydrogens is 263 g/mol. The normalized spacial score (nSPS) is 17.7. The van der Waals surface area contributed by atoms with Crippen LogP contribution in [0.4, 0.5) is 34.4 Å². The Balaban J connectivity index is 3.56. The first-order valence-electron chi connectivity index (χ1n) is 3.70. The molecule has 0 unspecified atom stereocenters. The lowest BCUT2D eigenvalue weighted by Gasteiger charge is -2.50. The molecule has 0 atom stereocenters. The highest BCUT2D eigenvalue weighted by Gasteiger charge is 2.84. The maximum atomic E-state index is 12.8. The predicted molar refractivity (Wildman–Crippen MR) is 47.2 cm³/mol. The van der Waals surface area contributed by atoms with E-state index < -0.39 is 20.2 Å². The molecule has 0 saturated heterocycles. The van der Waals surface area contributed by atoms with E-state index >= 15 is 0 Å². The van der Waals surface area contributed by atoms with Crippen molar-refractivity contribution in [3.63, 3.8) is 0 Å². The molecule has 0 saturated carbocycles. The molecule has 0 amide bonds. The van der Waals surface area contributed by atoms with E-state index in [1.807, 2.05) is 0 Å². The van der Waals surface area contributed by atoms with Gasteiger partial charge in [0.2, 0.25) is 0 Å². The van der Waals surface area contributed by atoms with E-state index in [1.165, 1.54) is 0 Å². The van der Waals surface area contributed by atoms with Crippen molar-refractivity contribution in [3.05, 3.63) is 24.3 Å². The third-order valence-electron chi connectivity index (χ3n) is 1.82. The molecule has 1 nitrogen and oxygen atoms in total. The Labute approximate surface area is 85.5 Å². The molecule has 0 radical (unpaired) electrons. The summed E-state index contributed by atoms with van der Waals surface area (Å²) in [5.74, 6) is 0. The van der Waals surface area contributed by atoms with Crippen molar-refractivity contribution in [2.75, 3.05) is 5.73 Å². The fraction of sp³-hybridized carbons (Fsp3) is 0.143. The van der Waals surface area contributed by atoms with Crippen LogP contribution in [0, 0.1) is 0 Å². The summed E-state index contributed by atoms with van der Waals surface area (Å²) in [4.78, 5) is -2.36. The number of hydrogen-bond donors (Lipinski definition) is 1. The van der Waals surface area contributed by atoms with Crippen LogP contribution in [0.25, 0.3) is 0 Å². The third-order valence-corrected chi connectivity index (χ3v) is 3.97. The Kier molecular flexibility index (Phi) is 2.09. The van der Waals surface area contributed by atoms with Gasteiger partial charge in [0.1, 0.15) is 0 Å². The van der Waals surface area contributed by atoms with Crippen LogP contribution in [0.5, 0.6) is 0 Å². The van der Waals surface area contributed by atoms with Gasteiger partial charge in [0.15, 0.2) is 0 Å². The van der Waals surface area contributed by atoms with Gasteiger partial charge in [0, 0.05) is 5.69 Å². The molecule has 94 valence electrons. The Hall–Kier alpha value is -1.12. The van der Waals surface area contributed by atoms with Crippen LogP contribution in [0.2, 0.25) is 0 Å². The van der Waals surface area contributed by atoms with Crippen molar-refractivity contribution in [3.8, 4) is 0 Å². The van der Waals surface area contributed by atoms with Crippen molar-refractivity contribution in [2.45, 2.75) is 10.4 Å². The van der Waals surface area contributed by atoms with Gasteiger partial charge in [-0.1, -0.05) is 0 Å². The van der Waals surface area contributed by atoms with Crippen LogP contribution in [0.1, 0.15) is 0 Å². The van der Waals surface area contributed by atoms with E-state index in [2.05, 4.69) is 0 Å². The van der Waals surface area contributed by atoms with Gasteiger partial charge in [0.25, 0.3) is 9.84 Å². The lowest BCUT2D eigenvalue weighted by molar-refractivity contribution is -0.0709. The monoisotopic (exact) mass is 269 g/mol. The second-order valence-electron chi connectivity index (χ2n) is 3.08. The second kappa shape index (κ2) is 2.58. The Morgan fingerprint density at radius 2 is 1.25 bits per heavy atom. The zero-order valence-corrected chi connectivity index (χ0v) is 8.26. The van der Waals surface area contributed by atoms with Crippen molar-refractivity contribution in [1.82, 2.24) is 0 Å². The molecule has 0 fully saturated rings. The molecule has 2 N–H and O–H groups in total. The van der Waals surface area contributed by atoms with Gasteiger partial charge in [-0.25, -0.2) is 0 Å². The largest absolute Gasteiger partial charge is 0.510 e. The number of rotatable bonds is 1. The highest BCUT2D eigenvalue weighted by Crippen LogP contribution is 3.06. The molecule has 0 aromatic heterocycles. The van der Waals surface area contributed by atoms with Gasteiger partial charge in [-0.05, 0) is 24.3 Å². The van der Waals surface area contributed by atoms with E-state index in [0.29, 0.717) is 12.1 Å². The summed E-state index contributed by atoms with van der Waals surface area (Å²) in [6.45, 7) is 0. The minimum atomic E-state index is -10.3. The molecule has 0 aliphatic carbocycles. The molecular formula is C7H6F7NS. The van der Waals surface area contributed by atoms with Crippen molar-refractivity contribution in [2.24, 2.45) is 0 Å². The SMILES string of the molecule is Nc1ccc(S(F)(F)(F)(F)C(F)(F)F)cc1. The van der Waals surface area contributed by atoms with E-state index in [1.54, 1.807) is 0 Å². The van der Waals surface area contributed by atoms with Crippen LogP contribution in [0.15, 0.2) is 29.2 Å². The van der Waals surface area contributed by atoms with E-state index in [9.17, 15) is 28.7 Å². The number of nitrogen functional groups attached to an aromatic ring is 1. The maximum Gasteiger partial charge on any atom is 0.510 e. The Morgan fingerprint density at radius 3 is 1.56 bits per heavy atom. The molecule has 0 spiro atoms. The maximum absolute atomic E-state index is 12.8. The van der Waals surface area contributed by atoms with E-state index in [4.69, 9.17) is 5.73 Å². The molecule has 9 heteroatoms. The average molecular weight is 269 g/mol. The van der Waals surface area contributed by atoms with Crippen molar-refractivity contribution in [1.29, 1.82) is 0 Å². The van der Waals surface area contributed by atoms with Crippen LogP contribution in [-0.4, -0.2) is 5.51 Å². The molecule has 16 heavy (non-hydrogen) atoms. The number of benzene rings is 1. The van der Waals surface area contributed by atoms with Crippen LogP contribution in [-0.2, 0) is 0 Å². The lowest BCUT2D eigenvalue weighted by atomic mass is 10.3. The van der Waals surface area contributed by atoms with Gasteiger partial charge in [0.05, 0.1) is 4.90 Å². The summed E-state index contributed by atoms with van der Waals surface area (Å²) in [7, 11) is -10.3. The smallest absolute Gasteiger partial charge is 0.399 e. The molecule has 1 aromatic rings. The summed E-state index contributed by atoms with van der Waals surface area (Å²) in [6.07, 6.45) is 0. The fourth-order valence-corrected chi connectivity index (χ4v) is 1.83. The Bertz CT molecular complexity index is 414. The Morgan fingerprint density at radius 1 is 0.875 bits per heavy atom. The number of hydrogen-bond acceptors (Lipinski definition) is 1. The summed E-state index contributed by atoms with van der Waals surface area (Å²) in [6, 6.07) is 1.06. The first kappa shape index (κ1) is 12.9. The fourth-order valence-electron chi connectivity index (χ4n) is 0.875. The predicted octanol–water partition coefficient (Wildman–Crippen LogP) is 4.56. The standard InChI is InChI=1S/C7H6F7NS/c8-7(9,10)16(11,12,13,14)6-3-1-5(15)2-4-6/h1-4H,15H2. The lowest BCUT2D eigenvalue weighted by Crippen LogP contribution is -2.32. The van der Waals surface area contributed by atoms with Crippen LogP contribution < -0.4 is 5.73 Å². The van der Waals surface area contributed by atoms with E-state index in [-0.39, 0.29) is 17.8 Å².